The van der Waals surface area contributed by atoms with Gasteiger partial charge in [-0.2, -0.15) is 0 Å². The van der Waals surface area contributed by atoms with E-state index in [1.54, 1.807) is 6.07 Å². The van der Waals surface area contributed by atoms with Gasteiger partial charge in [-0.25, -0.2) is 4.39 Å². The third kappa shape index (κ3) is 4.28. The topological polar surface area (TPSA) is 54.0 Å². The van der Waals surface area contributed by atoms with Gasteiger partial charge in [-0.1, -0.05) is 24.3 Å². The molecule has 3 heterocycles. The van der Waals surface area contributed by atoms with Crippen molar-refractivity contribution in [3.63, 3.8) is 0 Å². The van der Waals surface area contributed by atoms with E-state index in [2.05, 4.69) is 15.1 Å². The summed E-state index contributed by atoms with van der Waals surface area (Å²) in [7, 11) is 0. The highest BCUT2D eigenvalue weighted by molar-refractivity contribution is 7.12. The Hall–Kier alpha value is -3.10. The molecule has 1 saturated heterocycles. The minimum Gasteiger partial charge on any atom is -0.454 e. The van der Waals surface area contributed by atoms with Crippen LogP contribution in [0.15, 0.2) is 60.0 Å². The Kier molecular flexibility index (Phi) is 5.96. The van der Waals surface area contributed by atoms with Crippen molar-refractivity contribution < 1.29 is 18.7 Å². The quantitative estimate of drug-likeness (QED) is 0.613. The van der Waals surface area contributed by atoms with E-state index in [-0.39, 0.29) is 24.6 Å². The number of halogens is 1. The van der Waals surface area contributed by atoms with Crippen LogP contribution in [0.4, 0.5) is 10.1 Å². The summed E-state index contributed by atoms with van der Waals surface area (Å²) in [6.07, 6.45) is 0. The highest BCUT2D eigenvalue weighted by Gasteiger charge is 2.28. The smallest absolute Gasteiger partial charge is 0.261 e. The number of fused-ring (bicyclic) bond motifs is 1. The number of nitrogens with one attached hydrogen (secondary N) is 1. The molecule has 0 aliphatic carbocycles. The van der Waals surface area contributed by atoms with Crippen LogP contribution >= 0.6 is 11.3 Å². The molecule has 0 spiro atoms. The molecule has 1 N–H and O–H groups in total. The Morgan fingerprint density at radius 2 is 1.84 bits per heavy atom. The van der Waals surface area contributed by atoms with Crippen LogP contribution in [0.1, 0.15) is 21.3 Å². The largest absolute Gasteiger partial charge is 0.454 e. The number of hydrogen-bond donors (Lipinski definition) is 1. The summed E-state index contributed by atoms with van der Waals surface area (Å²) >= 11 is 1.43. The van der Waals surface area contributed by atoms with E-state index in [9.17, 15) is 9.18 Å². The second-order valence-corrected chi connectivity index (χ2v) is 8.74. The second-order valence-electron chi connectivity index (χ2n) is 7.79. The van der Waals surface area contributed by atoms with E-state index >= 15 is 0 Å². The van der Waals surface area contributed by atoms with Crippen molar-refractivity contribution in [1.29, 1.82) is 0 Å². The van der Waals surface area contributed by atoms with Gasteiger partial charge >= 0.3 is 0 Å². The van der Waals surface area contributed by atoms with Crippen molar-refractivity contribution in [2.24, 2.45) is 0 Å². The fraction of sp³-hybridized carbons (Fsp3) is 0.292. The lowest BCUT2D eigenvalue weighted by molar-refractivity contribution is 0.0934. The van der Waals surface area contributed by atoms with E-state index in [0.717, 1.165) is 30.2 Å². The average molecular weight is 454 g/mol. The number of thiophene rings is 1. The molecule has 2 aliphatic rings. The summed E-state index contributed by atoms with van der Waals surface area (Å²) in [6, 6.07) is 16.5. The van der Waals surface area contributed by atoms with E-state index < -0.39 is 0 Å². The summed E-state index contributed by atoms with van der Waals surface area (Å²) in [5.74, 6) is 1.19. The van der Waals surface area contributed by atoms with Gasteiger partial charge < -0.3 is 19.7 Å². The molecule has 5 rings (SSSR count). The van der Waals surface area contributed by atoms with Crippen molar-refractivity contribution >= 4 is 22.9 Å². The highest BCUT2D eigenvalue weighted by atomic mass is 32.1. The zero-order chi connectivity index (χ0) is 21.9. The summed E-state index contributed by atoms with van der Waals surface area (Å²) in [4.78, 5) is 17.7. The molecular formula is C24H24FN3O3S. The summed E-state index contributed by atoms with van der Waals surface area (Å²) < 4.78 is 25.3. The van der Waals surface area contributed by atoms with Gasteiger partial charge in [-0.15, -0.1) is 11.3 Å². The van der Waals surface area contributed by atoms with Gasteiger partial charge in [-0.3, -0.25) is 9.69 Å². The lowest BCUT2D eigenvalue weighted by Crippen LogP contribution is -2.50. The summed E-state index contributed by atoms with van der Waals surface area (Å²) in [5.41, 5.74) is 1.69. The van der Waals surface area contributed by atoms with E-state index in [1.807, 2.05) is 47.8 Å². The minimum atomic E-state index is -0.198. The Bertz CT molecular complexity index is 1080. The molecule has 166 valence electrons. The van der Waals surface area contributed by atoms with Gasteiger partial charge in [-0.05, 0) is 41.3 Å². The Balaban J connectivity index is 1.33. The summed E-state index contributed by atoms with van der Waals surface area (Å²) in [5, 5.41) is 4.98. The fourth-order valence-corrected chi connectivity index (χ4v) is 4.89. The second kappa shape index (κ2) is 9.18. The lowest BCUT2D eigenvalue weighted by Gasteiger charge is -2.40. The predicted octanol–water partition coefficient (Wildman–Crippen LogP) is 3.91. The van der Waals surface area contributed by atoms with E-state index in [4.69, 9.17) is 9.47 Å². The molecule has 1 atom stereocenters. The zero-order valence-electron chi connectivity index (χ0n) is 17.5. The normalized spacial score (nSPS) is 16.7. The molecule has 2 aliphatic heterocycles. The predicted molar refractivity (Wildman–Crippen MR) is 122 cm³/mol. The van der Waals surface area contributed by atoms with Crippen LogP contribution in [-0.2, 0) is 0 Å². The van der Waals surface area contributed by atoms with Crippen molar-refractivity contribution in [1.82, 2.24) is 10.2 Å². The molecule has 1 aromatic heterocycles. The number of carbonyl (C=O) groups is 1. The van der Waals surface area contributed by atoms with Gasteiger partial charge in [0, 0.05) is 32.7 Å². The SMILES string of the molecule is O=C(NCC(c1ccc2c(c1)OCO2)N1CCN(c2ccccc2F)CC1)c1cccs1. The molecule has 1 amide bonds. The number of piperazine rings is 1. The monoisotopic (exact) mass is 453 g/mol. The maximum absolute atomic E-state index is 14.2. The number of anilines is 1. The molecule has 2 aromatic carbocycles. The molecule has 1 fully saturated rings. The highest BCUT2D eigenvalue weighted by Crippen LogP contribution is 2.36. The van der Waals surface area contributed by atoms with Crippen molar-refractivity contribution in [2.45, 2.75) is 6.04 Å². The first kappa shape index (κ1) is 20.8. The Labute approximate surface area is 190 Å². The van der Waals surface area contributed by atoms with Crippen LogP contribution in [0.5, 0.6) is 11.5 Å². The molecular weight excluding hydrogens is 429 g/mol. The molecule has 0 saturated carbocycles. The number of rotatable bonds is 6. The van der Waals surface area contributed by atoms with Crippen molar-refractivity contribution in [3.8, 4) is 11.5 Å². The van der Waals surface area contributed by atoms with Crippen molar-refractivity contribution in [2.75, 3.05) is 44.4 Å². The first-order valence-electron chi connectivity index (χ1n) is 10.6. The van der Waals surface area contributed by atoms with Crippen LogP contribution in [-0.4, -0.2) is 50.3 Å². The van der Waals surface area contributed by atoms with Crippen LogP contribution in [0, 0.1) is 5.82 Å². The molecule has 8 heteroatoms. The standard InChI is InChI=1S/C24H24FN3O3S/c25-18-4-1-2-5-19(18)27-9-11-28(12-10-27)20(15-26-24(29)23-6-3-13-32-23)17-7-8-21-22(14-17)31-16-30-21/h1-8,13-14,20H,9-12,15-16H2,(H,26,29). The molecule has 1 unspecified atom stereocenters. The van der Waals surface area contributed by atoms with E-state index in [1.165, 1.54) is 17.4 Å². The molecule has 0 radical (unpaired) electrons. The molecule has 3 aromatic rings. The van der Waals surface area contributed by atoms with Crippen LogP contribution in [0.3, 0.4) is 0 Å². The average Bonchev–Trinajstić information content (AvgIpc) is 3.52. The number of para-hydroxylation sites is 1. The lowest BCUT2D eigenvalue weighted by atomic mass is 10.0. The molecule has 6 nitrogen and oxygen atoms in total. The number of benzene rings is 2. The van der Waals surface area contributed by atoms with Crippen LogP contribution in [0.2, 0.25) is 0 Å². The maximum atomic E-state index is 14.2. The third-order valence-corrected chi connectivity index (χ3v) is 6.80. The third-order valence-electron chi connectivity index (χ3n) is 5.93. The molecule has 0 bridgehead atoms. The van der Waals surface area contributed by atoms with Crippen LogP contribution in [0.25, 0.3) is 0 Å². The maximum Gasteiger partial charge on any atom is 0.261 e. The Morgan fingerprint density at radius 3 is 2.62 bits per heavy atom. The number of nitrogens with zero attached hydrogens (tertiary/aromatic N) is 2. The first-order valence-corrected chi connectivity index (χ1v) is 11.5. The van der Waals surface area contributed by atoms with Gasteiger partial charge in [0.2, 0.25) is 6.79 Å². The Morgan fingerprint density at radius 1 is 1.03 bits per heavy atom. The van der Waals surface area contributed by atoms with Gasteiger partial charge in [0.1, 0.15) is 5.82 Å². The number of hydrogen-bond acceptors (Lipinski definition) is 6. The van der Waals surface area contributed by atoms with E-state index in [0.29, 0.717) is 30.2 Å². The minimum absolute atomic E-state index is 0.0313. The van der Waals surface area contributed by atoms with Gasteiger partial charge in [0.15, 0.2) is 11.5 Å². The fourth-order valence-electron chi connectivity index (χ4n) is 4.25. The first-order chi connectivity index (χ1) is 15.7. The van der Waals surface area contributed by atoms with Gasteiger partial charge in [0.05, 0.1) is 16.6 Å². The number of amides is 1. The zero-order valence-corrected chi connectivity index (χ0v) is 18.3. The summed E-state index contributed by atoms with van der Waals surface area (Å²) in [6.45, 7) is 3.61. The number of ether oxygens (including phenoxy) is 2. The molecule has 32 heavy (non-hydrogen) atoms. The number of carbonyl (C=O) groups excluding carboxylic acids is 1. The van der Waals surface area contributed by atoms with Gasteiger partial charge in [0.25, 0.3) is 5.91 Å². The van der Waals surface area contributed by atoms with Crippen molar-refractivity contribution in [3.05, 3.63) is 76.2 Å². The van der Waals surface area contributed by atoms with Crippen LogP contribution < -0.4 is 19.7 Å².